The average molecular weight is 113 g/mol. The normalized spacial score (nSPS) is 16.8. The van der Waals surface area contributed by atoms with E-state index in [1.54, 1.807) is 6.92 Å². The average Bonchev–Trinajstić information content (AvgIpc) is 1.69. The second kappa shape index (κ2) is 3.45. The summed E-state index contributed by atoms with van der Waals surface area (Å²) in [6.45, 7) is 3.53. The monoisotopic (exact) mass is 113 g/mol. The first-order chi connectivity index (χ1) is 3.72. The molecule has 0 bridgehead atoms. The highest BCUT2D eigenvalue weighted by Crippen LogP contribution is 2.04. The van der Waals surface area contributed by atoms with E-state index in [1.807, 2.05) is 13.0 Å². The standard InChI is InChI=1S/C6H11NO/c1-3-6(4-7)5(2)8/h5-6,8H,3H2,1-2H3. The largest absolute Gasteiger partial charge is 0.392 e. The molecule has 8 heavy (non-hydrogen) atoms. The molecule has 0 heterocycles. The van der Waals surface area contributed by atoms with Crippen LogP contribution in [0.25, 0.3) is 0 Å². The minimum Gasteiger partial charge on any atom is -0.392 e. The Kier molecular flexibility index (Phi) is 3.21. The lowest BCUT2D eigenvalue weighted by Gasteiger charge is -2.06. The highest BCUT2D eigenvalue weighted by atomic mass is 16.3. The van der Waals surface area contributed by atoms with Gasteiger partial charge >= 0.3 is 0 Å². The number of nitriles is 1. The van der Waals surface area contributed by atoms with Crippen LogP contribution in [-0.2, 0) is 0 Å². The van der Waals surface area contributed by atoms with Crippen molar-refractivity contribution in [1.82, 2.24) is 0 Å². The second-order valence-electron chi connectivity index (χ2n) is 1.88. The molecular weight excluding hydrogens is 102 g/mol. The molecule has 0 rings (SSSR count). The fourth-order valence-corrected chi connectivity index (χ4v) is 0.540. The van der Waals surface area contributed by atoms with Gasteiger partial charge in [-0.15, -0.1) is 0 Å². The quantitative estimate of drug-likeness (QED) is 0.578. The van der Waals surface area contributed by atoms with Gasteiger partial charge in [0.05, 0.1) is 18.1 Å². The zero-order chi connectivity index (χ0) is 6.57. The van der Waals surface area contributed by atoms with Crippen molar-refractivity contribution in [2.75, 3.05) is 0 Å². The van der Waals surface area contributed by atoms with E-state index in [4.69, 9.17) is 10.4 Å². The molecule has 46 valence electrons. The van der Waals surface area contributed by atoms with Crippen LogP contribution in [0.1, 0.15) is 20.3 Å². The molecule has 0 aromatic rings. The molecule has 0 aliphatic rings. The van der Waals surface area contributed by atoms with Crippen molar-refractivity contribution in [2.45, 2.75) is 26.4 Å². The molecule has 0 fully saturated rings. The van der Waals surface area contributed by atoms with E-state index in [0.29, 0.717) is 0 Å². The van der Waals surface area contributed by atoms with Crippen molar-refractivity contribution in [1.29, 1.82) is 5.26 Å². The molecule has 0 aliphatic carbocycles. The molecule has 2 atom stereocenters. The molecule has 0 spiro atoms. The van der Waals surface area contributed by atoms with Crippen LogP contribution in [0.3, 0.4) is 0 Å². The molecule has 1 N–H and O–H groups in total. The van der Waals surface area contributed by atoms with Gasteiger partial charge in [0, 0.05) is 0 Å². The minimum atomic E-state index is -0.481. The van der Waals surface area contributed by atoms with Gasteiger partial charge in [-0.2, -0.15) is 5.26 Å². The van der Waals surface area contributed by atoms with Gasteiger partial charge in [0.25, 0.3) is 0 Å². The van der Waals surface area contributed by atoms with Crippen molar-refractivity contribution in [2.24, 2.45) is 5.92 Å². The van der Waals surface area contributed by atoms with Crippen LogP contribution in [0, 0.1) is 17.2 Å². The molecule has 0 radical (unpaired) electrons. The molecule has 0 amide bonds. The van der Waals surface area contributed by atoms with E-state index in [-0.39, 0.29) is 5.92 Å². The number of hydrogen-bond donors (Lipinski definition) is 1. The summed E-state index contributed by atoms with van der Waals surface area (Å²) in [5, 5.41) is 17.1. The van der Waals surface area contributed by atoms with Crippen LogP contribution < -0.4 is 0 Å². The van der Waals surface area contributed by atoms with Crippen molar-refractivity contribution < 1.29 is 5.11 Å². The van der Waals surface area contributed by atoms with Crippen molar-refractivity contribution >= 4 is 0 Å². The summed E-state index contributed by atoms with van der Waals surface area (Å²) < 4.78 is 0. The maximum atomic E-state index is 8.79. The zero-order valence-electron chi connectivity index (χ0n) is 5.26. The van der Waals surface area contributed by atoms with Gasteiger partial charge in [0.15, 0.2) is 0 Å². The van der Waals surface area contributed by atoms with Crippen LogP contribution in [0.4, 0.5) is 0 Å². The summed E-state index contributed by atoms with van der Waals surface area (Å²) >= 11 is 0. The summed E-state index contributed by atoms with van der Waals surface area (Å²) in [5.41, 5.74) is 0. The fourth-order valence-electron chi connectivity index (χ4n) is 0.540. The highest BCUT2D eigenvalue weighted by molar-refractivity contribution is 4.84. The number of nitrogens with zero attached hydrogens (tertiary/aromatic N) is 1. The first-order valence-corrected chi connectivity index (χ1v) is 2.80. The molecule has 2 unspecified atom stereocenters. The van der Waals surface area contributed by atoms with Gasteiger partial charge < -0.3 is 5.11 Å². The molecule has 0 aromatic carbocycles. The van der Waals surface area contributed by atoms with E-state index >= 15 is 0 Å². The van der Waals surface area contributed by atoms with E-state index in [9.17, 15) is 0 Å². The van der Waals surface area contributed by atoms with Crippen LogP contribution in [0.5, 0.6) is 0 Å². The van der Waals surface area contributed by atoms with Gasteiger partial charge in [-0.05, 0) is 13.3 Å². The highest BCUT2D eigenvalue weighted by Gasteiger charge is 2.09. The Labute approximate surface area is 49.8 Å². The summed E-state index contributed by atoms with van der Waals surface area (Å²) in [6.07, 6.45) is 0.249. The predicted octanol–water partition coefficient (Wildman–Crippen LogP) is 0.917. The van der Waals surface area contributed by atoms with E-state index < -0.39 is 6.10 Å². The molecule has 0 aliphatic heterocycles. The first-order valence-electron chi connectivity index (χ1n) is 2.80. The molecule has 0 saturated carbocycles. The molecule has 0 aromatic heterocycles. The maximum Gasteiger partial charge on any atom is 0.0717 e. The van der Waals surface area contributed by atoms with Crippen LogP contribution in [0.2, 0.25) is 0 Å². The van der Waals surface area contributed by atoms with Crippen LogP contribution in [0.15, 0.2) is 0 Å². The first kappa shape index (κ1) is 7.45. The summed E-state index contributed by atoms with van der Waals surface area (Å²) in [4.78, 5) is 0. The van der Waals surface area contributed by atoms with Gasteiger partial charge in [-0.1, -0.05) is 6.92 Å². The SMILES string of the molecule is CCC(C#N)C(C)O. The third kappa shape index (κ3) is 1.94. The number of hydrogen-bond acceptors (Lipinski definition) is 2. The summed E-state index contributed by atoms with van der Waals surface area (Å²) in [7, 11) is 0. The van der Waals surface area contributed by atoms with Gasteiger partial charge in [0.1, 0.15) is 0 Å². The lowest BCUT2D eigenvalue weighted by atomic mass is 10.0. The van der Waals surface area contributed by atoms with Crippen molar-refractivity contribution in [3.8, 4) is 6.07 Å². The van der Waals surface area contributed by atoms with E-state index in [1.165, 1.54) is 0 Å². The Morgan fingerprint density at radius 3 is 2.25 bits per heavy atom. The Bertz CT molecular complexity index is 93.2. The predicted molar refractivity (Wildman–Crippen MR) is 31.1 cm³/mol. The second-order valence-corrected chi connectivity index (χ2v) is 1.88. The summed E-state index contributed by atoms with van der Waals surface area (Å²) in [6, 6.07) is 2.00. The summed E-state index contributed by atoms with van der Waals surface area (Å²) in [5.74, 6) is -0.185. The third-order valence-corrected chi connectivity index (χ3v) is 1.19. The smallest absolute Gasteiger partial charge is 0.0717 e. The topological polar surface area (TPSA) is 44.0 Å². The zero-order valence-corrected chi connectivity index (χ0v) is 5.26. The lowest BCUT2D eigenvalue weighted by Crippen LogP contribution is -2.12. The van der Waals surface area contributed by atoms with Gasteiger partial charge in [0.2, 0.25) is 0 Å². The minimum absolute atomic E-state index is 0.185. The number of rotatable bonds is 2. The Balaban J connectivity index is 3.57. The molecular formula is C6H11NO. The van der Waals surface area contributed by atoms with E-state index in [0.717, 1.165) is 6.42 Å². The molecule has 2 heteroatoms. The van der Waals surface area contributed by atoms with Gasteiger partial charge in [-0.3, -0.25) is 0 Å². The molecule has 2 nitrogen and oxygen atoms in total. The van der Waals surface area contributed by atoms with Gasteiger partial charge in [-0.25, -0.2) is 0 Å². The lowest BCUT2D eigenvalue weighted by molar-refractivity contribution is 0.150. The van der Waals surface area contributed by atoms with E-state index in [2.05, 4.69) is 0 Å². The number of aliphatic hydroxyl groups excluding tert-OH is 1. The van der Waals surface area contributed by atoms with Crippen LogP contribution >= 0.6 is 0 Å². The Hall–Kier alpha value is -0.550. The van der Waals surface area contributed by atoms with Crippen molar-refractivity contribution in [3.63, 3.8) is 0 Å². The van der Waals surface area contributed by atoms with Crippen molar-refractivity contribution in [3.05, 3.63) is 0 Å². The third-order valence-electron chi connectivity index (χ3n) is 1.19. The number of aliphatic hydroxyl groups is 1. The Morgan fingerprint density at radius 2 is 2.25 bits per heavy atom. The fraction of sp³-hybridized carbons (Fsp3) is 0.833. The maximum absolute atomic E-state index is 8.79. The van der Waals surface area contributed by atoms with Crippen LogP contribution in [-0.4, -0.2) is 11.2 Å². The Morgan fingerprint density at radius 1 is 1.75 bits per heavy atom. The molecule has 0 saturated heterocycles.